The molecular weight excluding hydrogens is 371 g/mol. The highest BCUT2D eigenvalue weighted by atomic mass is 19.1. The molecule has 0 aliphatic heterocycles. The summed E-state index contributed by atoms with van der Waals surface area (Å²) in [5, 5.41) is 5.56. The summed E-state index contributed by atoms with van der Waals surface area (Å²) in [5.74, 6) is 0.739. The molecule has 5 aromatic rings. The second-order valence-corrected chi connectivity index (χ2v) is 6.63. The van der Waals surface area contributed by atoms with E-state index in [1.807, 2.05) is 36.4 Å². The van der Waals surface area contributed by atoms with E-state index in [1.165, 1.54) is 12.1 Å². The van der Waals surface area contributed by atoms with E-state index < -0.39 is 6.10 Å². The Labute approximate surface area is 165 Å². The molecule has 0 bridgehead atoms. The number of furan rings is 1. The number of aromatic nitrogens is 3. The molecule has 0 radical (unpaired) electrons. The van der Waals surface area contributed by atoms with Crippen LogP contribution in [-0.2, 0) is 0 Å². The summed E-state index contributed by atoms with van der Waals surface area (Å²) >= 11 is 0. The summed E-state index contributed by atoms with van der Waals surface area (Å²) in [6.45, 7) is 0.228. The largest absolute Gasteiger partial charge is 0.467 e. The molecule has 2 aromatic carbocycles. The third-order valence-corrected chi connectivity index (χ3v) is 4.73. The highest BCUT2D eigenvalue weighted by molar-refractivity contribution is 5.82. The number of nitrogens with two attached hydrogens (primary N) is 1. The van der Waals surface area contributed by atoms with E-state index in [-0.39, 0.29) is 12.4 Å². The summed E-state index contributed by atoms with van der Waals surface area (Å²) in [6, 6.07) is 19.4. The molecule has 29 heavy (non-hydrogen) atoms. The van der Waals surface area contributed by atoms with Gasteiger partial charge in [0.15, 0.2) is 11.4 Å². The molecule has 0 amide bonds. The Morgan fingerprint density at radius 2 is 1.90 bits per heavy atom. The monoisotopic (exact) mass is 388 g/mol. The summed E-state index contributed by atoms with van der Waals surface area (Å²) in [5.41, 5.74) is 8.82. The molecule has 0 saturated heterocycles. The number of benzene rings is 2. The lowest BCUT2D eigenvalue weighted by atomic mass is 10.1. The first-order valence-corrected chi connectivity index (χ1v) is 9.17. The summed E-state index contributed by atoms with van der Waals surface area (Å²) in [6.07, 6.45) is 1.27. The van der Waals surface area contributed by atoms with E-state index in [0.29, 0.717) is 23.0 Å². The van der Waals surface area contributed by atoms with Gasteiger partial charge >= 0.3 is 0 Å². The van der Waals surface area contributed by atoms with E-state index in [9.17, 15) is 4.39 Å². The number of ether oxygens (including phenoxy) is 1. The molecule has 0 aliphatic rings. The summed E-state index contributed by atoms with van der Waals surface area (Å²) in [7, 11) is 0. The smallest absolute Gasteiger partial charge is 0.232 e. The Morgan fingerprint density at radius 3 is 2.69 bits per heavy atom. The van der Waals surface area contributed by atoms with Gasteiger partial charge in [0.1, 0.15) is 23.2 Å². The van der Waals surface area contributed by atoms with Crippen LogP contribution < -0.4 is 10.5 Å². The van der Waals surface area contributed by atoms with Gasteiger partial charge in [0.05, 0.1) is 6.20 Å². The van der Waals surface area contributed by atoms with Crippen molar-refractivity contribution in [3.05, 3.63) is 84.3 Å². The molecule has 7 heteroatoms. The van der Waals surface area contributed by atoms with Crippen LogP contribution in [0.15, 0.2) is 77.3 Å². The number of rotatable bonds is 5. The fourth-order valence-electron chi connectivity index (χ4n) is 3.27. The molecule has 0 aliphatic carbocycles. The molecule has 1 unspecified atom stereocenters. The molecule has 1 atom stereocenters. The highest BCUT2D eigenvalue weighted by Gasteiger charge is 2.16. The van der Waals surface area contributed by atoms with E-state index >= 15 is 0 Å². The van der Waals surface area contributed by atoms with Crippen LogP contribution in [0.25, 0.3) is 28.1 Å². The van der Waals surface area contributed by atoms with Gasteiger partial charge in [-0.25, -0.2) is 13.9 Å². The van der Waals surface area contributed by atoms with Crippen molar-refractivity contribution < 1.29 is 13.5 Å². The van der Waals surface area contributed by atoms with Crippen LogP contribution in [0.4, 0.5) is 4.39 Å². The molecule has 5 rings (SSSR count). The first kappa shape index (κ1) is 17.4. The minimum atomic E-state index is -0.446. The number of imidazole rings is 1. The van der Waals surface area contributed by atoms with Gasteiger partial charge in [-0.05, 0) is 35.9 Å². The zero-order valence-electron chi connectivity index (χ0n) is 15.3. The van der Waals surface area contributed by atoms with E-state index in [4.69, 9.17) is 14.9 Å². The second-order valence-electron chi connectivity index (χ2n) is 6.63. The number of hydrogen-bond acceptors (Lipinski definition) is 5. The third-order valence-electron chi connectivity index (χ3n) is 4.73. The Morgan fingerprint density at radius 1 is 1.07 bits per heavy atom. The Kier molecular flexibility index (Phi) is 4.22. The number of halogens is 1. The molecule has 6 nitrogen and oxygen atoms in total. The minimum Gasteiger partial charge on any atom is -0.467 e. The zero-order valence-corrected chi connectivity index (χ0v) is 15.3. The van der Waals surface area contributed by atoms with E-state index in [2.05, 4.69) is 10.1 Å². The normalized spacial score (nSPS) is 12.5. The van der Waals surface area contributed by atoms with Crippen LogP contribution in [-0.4, -0.2) is 21.1 Å². The number of fused-ring (bicyclic) bond motifs is 2. The second kappa shape index (κ2) is 7.03. The molecule has 2 N–H and O–H groups in total. The van der Waals surface area contributed by atoms with E-state index in [1.54, 1.807) is 28.9 Å². The Hall–Kier alpha value is -3.71. The quantitative estimate of drug-likeness (QED) is 0.484. The van der Waals surface area contributed by atoms with Crippen LogP contribution in [0.5, 0.6) is 5.88 Å². The van der Waals surface area contributed by atoms with Crippen molar-refractivity contribution >= 4 is 16.6 Å². The standard InChI is InChI=1S/C22H17FN4O2/c23-16-7-5-14(6-8-16)20(12-24)29-22-10-9-21-25-13-17(27(21)26-22)19-11-15-3-1-2-4-18(15)28-19/h1-11,13,20H,12,24H2. The van der Waals surface area contributed by atoms with Crippen LogP contribution >= 0.6 is 0 Å². The Balaban J connectivity index is 1.51. The van der Waals surface area contributed by atoms with E-state index in [0.717, 1.165) is 16.5 Å². The Bertz CT molecular complexity index is 1260. The van der Waals surface area contributed by atoms with Gasteiger partial charge in [-0.1, -0.05) is 30.3 Å². The first-order chi connectivity index (χ1) is 14.2. The lowest BCUT2D eigenvalue weighted by Gasteiger charge is -2.17. The molecule has 0 fully saturated rings. The van der Waals surface area contributed by atoms with Crippen LogP contribution in [0.3, 0.4) is 0 Å². The predicted octanol–water partition coefficient (Wildman–Crippen LogP) is 4.36. The summed E-state index contributed by atoms with van der Waals surface area (Å²) in [4.78, 5) is 4.39. The maximum atomic E-state index is 13.2. The van der Waals surface area contributed by atoms with Crippen LogP contribution in [0, 0.1) is 5.82 Å². The molecule has 0 saturated carbocycles. The van der Waals surface area contributed by atoms with Gasteiger partial charge in [-0.3, -0.25) is 0 Å². The van der Waals surface area contributed by atoms with Crippen molar-refractivity contribution in [2.75, 3.05) is 6.54 Å². The SMILES string of the molecule is NCC(Oc1ccc2ncc(-c3cc4ccccc4o3)n2n1)c1ccc(F)cc1. The van der Waals surface area contributed by atoms with Gasteiger partial charge in [0.25, 0.3) is 0 Å². The molecular formula is C22H17FN4O2. The molecule has 3 aromatic heterocycles. The molecule has 144 valence electrons. The highest BCUT2D eigenvalue weighted by Crippen LogP contribution is 2.29. The fraction of sp³-hybridized carbons (Fsp3) is 0.0909. The van der Waals surface area contributed by atoms with Gasteiger partial charge in [-0.2, -0.15) is 0 Å². The topological polar surface area (TPSA) is 78.6 Å². The molecule has 3 heterocycles. The first-order valence-electron chi connectivity index (χ1n) is 9.17. The number of nitrogens with zero attached hydrogens (tertiary/aromatic N) is 3. The van der Waals surface area contributed by atoms with Gasteiger partial charge < -0.3 is 14.9 Å². The lowest BCUT2D eigenvalue weighted by Crippen LogP contribution is -2.19. The molecule has 0 spiro atoms. The third kappa shape index (κ3) is 3.21. The maximum absolute atomic E-state index is 13.2. The number of para-hydroxylation sites is 1. The van der Waals surface area contributed by atoms with Crippen molar-refractivity contribution in [3.63, 3.8) is 0 Å². The van der Waals surface area contributed by atoms with Crippen molar-refractivity contribution in [2.24, 2.45) is 5.73 Å². The van der Waals surface area contributed by atoms with Crippen LogP contribution in [0.1, 0.15) is 11.7 Å². The predicted molar refractivity (Wildman–Crippen MR) is 107 cm³/mol. The van der Waals surface area contributed by atoms with Gasteiger partial charge in [-0.15, -0.1) is 5.10 Å². The van der Waals surface area contributed by atoms with Crippen molar-refractivity contribution in [3.8, 4) is 17.3 Å². The maximum Gasteiger partial charge on any atom is 0.232 e. The van der Waals surface area contributed by atoms with Crippen LogP contribution in [0.2, 0.25) is 0 Å². The fourth-order valence-corrected chi connectivity index (χ4v) is 3.27. The number of hydrogen-bond donors (Lipinski definition) is 1. The average molecular weight is 388 g/mol. The van der Waals surface area contributed by atoms with Crippen molar-refractivity contribution in [1.29, 1.82) is 0 Å². The van der Waals surface area contributed by atoms with Gasteiger partial charge in [0, 0.05) is 18.0 Å². The summed E-state index contributed by atoms with van der Waals surface area (Å²) < 4.78 is 26.8. The van der Waals surface area contributed by atoms with Gasteiger partial charge in [0.2, 0.25) is 5.88 Å². The zero-order chi connectivity index (χ0) is 19.8. The average Bonchev–Trinajstić information content (AvgIpc) is 3.36. The van der Waals surface area contributed by atoms with Crippen molar-refractivity contribution in [2.45, 2.75) is 6.10 Å². The van der Waals surface area contributed by atoms with Crippen molar-refractivity contribution in [1.82, 2.24) is 14.6 Å². The minimum absolute atomic E-state index is 0.228. The lowest BCUT2D eigenvalue weighted by molar-refractivity contribution is 0.202.